The Hall–Kier alpha value is -8.34. The number of aromatic nitrogens is 3. The Morgan fingerprint density at radius 1 is 0.328 bits per heavy atom. The lowest BCUT2D eigenvalue weighted by molar-refractivity contribution is 0.995. The van der Waals surface area contributed by atoms with Crippen LogP contribution in [0.25, 0.3) is 142 Å². The Morgan fingerprint density at radius 3 is 1.38 bits per heavy atom. The maximum atomic E-state index is 5.28. The molecule has 4 heteroatoms. The molecule has 0 spiro atoms. The zero-order valence-corrected chi connectivity index (χ0v) is 34.5. The summed E-state index contributed by atoms with van der Waals surface area (Å²) in [4.78, 5) is 20.4. The van der Waals surface area contributed by atoms with E-state index in [1.54, 1.807) is 0 Å². The third-order valence-electron chi connectivity index (χ3n) is 14.3. The van der Waals surface area contributed by atoms with Gasteiger partial charge in [0.05, 0.1) is 22.8 Å². The highest BCUT2D eigenvalue weighted by atomic mass is 14.7. The summed E-state index contributed by atoms with van der Waals surface area (Å²) in [6.07, 6.45) is 11.2. The van der Waals surface area contributed by atoms with E-state index in [0.717, 1.165) is 46.9 Å². The molecule has 0 N–H and O–H groups in total. The van der Waals surface area contributed by atoms with Crippen molar-refractivity contribution in [2.75, 3.05) is 6.54 Å². The van der Waals surface area contributed by atoms with Crippen molar-refractivity contribution in [3.63, 3.8) is 0 Å². The third kappa shape index (κ3) is 4.36. The molecule has 0 fully saturated rings. The van der Waals surface area contributed by atoms with E-state index < -0.39 is 0 Å². The Kier molecular flexibility index (Phi) is 6.76. The summed E-state index contributed by atoms with van der Waals surface area (Å²) in [5.74, 6) is 0. The standard InChI is InChI=1S/C60H34N4/c1-2-16-35-34(15-1)53(46-19-3-7-27-61-46)59-40-25-23-36-42-31-44-45(32-43(42)37-24-26-41(52(40)51(36)37)60(59)54(35)47-20-4-8-28-62-47)56(49-22-6-10-30-64-49)58-39-18-12-14-33-13-11-17-38(50(33)39)57(58)55(44)48-21-5-9-29-63-48/h1-9,11-29,31-32H,10,30H2. The van der Waals surface area contributed by atoms with Crippen molar-refractivity contribution in [1.82, 2.24) is 15.0 Å². The molecular formula is C60H34N4. The van der Waals surface area contributed by atoms with E-state index in [1.807, 2.05) is 36.8 Å². The summed E-state index contributed by atoms with van der Waals surface area (Å²) < 4.78 is 0. The van der Waals surface area contributed by atoms with Gasteiger partial charge in [-0.25, -0.2) is 0 Å². The molecular weight excluding hydrogens is 777 g/mol. The van der Waals surface area contributed by atoms with E-state index in [-0.39, 0.29) is 0 Å². The average molecular weight is 811 g/mol. The summed E-state index contributed by atoms with van der Waals surface area (Å²) in [6.45, 7) is 0.777. The Bertz CT molecular complexity index is 4110. The van der Waals surface area contributed by atoms with Gasteiger partial charge in [0.2, 0.25) is 0 Å². The van der Waals surface area contributed by atoms with Gasteiger partial charge in [-0.2, -0.15) is 0 Å². The van der Waals surface area contributed by atoms with Crippen LogP contribution in [0.5, 0.6) is 0 Å². The first kappa shape index (κ1) is 34.3. The smallest absolute Gasteiger partial charge is 0.0714 e. The van der Waals surface area contributed by atoms with Crippen molar-refractivity contribution in [2.24, 2.45) is 4.99 Å². The van der Waals surface area contributed by atoms with Gasteiger partial charge in [-0.15, -0.1) is 0 Å². The van der Waals surface area contributed by atoms with Gasteiger partial charge in [-0.05, 0) is 148 Å². The van der Waals surface area contributed by atoms with Gasteiger partial charge in [0, 0.05) is 69.3 Å². The van der Waals surface area contributed by atoms with Crippen molar-refractivity contribution in [3.05, 3.63) is 188 Å². The first-order chi connectivity index (χ1) is 31.8. The van der Waals surface area contributed by atoms with Gasteiger partial charge < -0.3 is 0 Å². The van der Waals surface area contributed by atoms with E-state index in [1.165, 1.54) is 120 Å². The Labute approximate surface area is 367 Å². The number of hydrogen-bond donors (Lipinski definition) is 0. The first-order valence-corrected chi connectivity index (χ1v) is 22.2. The molecule has 2 aliphatic rings. The van der Waals surface area contributed by atoms with Gasteiger partial charge in [-0.1, -0.05) is 109 Å². The topological polar surface area (TPSA) is 51.0 Å². The number of benzene rings is 8. The fourth-order valence-corrected chi connectivity index (χ4v) is 11.9. The highest BCUT2D eigenvalue weighted by Gasteiger charge is 2.33. The van der Waals surface area contributed by atoms with E-state index in [2.05, 4.69) is 146 Å². The van der Waals surface area contributed by atoms with Gasteiger partial charge in [-0.3, -0.25) is 19.9 Å². The number of pyridine rings is 3. The van der Waals surface area contributed by atoms with Crippen LogP contribution in [-0.4, -0.2) is 27.2 Å². The summed E-state index contributed by atoms with van der Waals surface area (Å²) in [7, 11) is 0. The molecule has 1 aliphatic heterocycles. The molecule has 294 valence electrons. The number of nitrogens with zero attached hydrogens (tertiary/aromatic N) is 4. The molecule has 13 aromatic rings. The van der Waals surface area contributed by atoms with Crippen LogP contribution >= 0.6 is 0 Å². The molecule has 64 heavy (non-hydrogen) atoms. The summed E-state index contributed by atoms with van der Waals surface area (Å²) >= 11 is 0. The van der Waals surface area contributed by atoms with E-state index in [4.69, 9.17) is 19.9 Å². The highest BCUT2D eigenvalue weighted by Crippen LogP contribution is 2.60. The van der Waals surface area contributed by atoms with Crippen molar-refractivity contribution in [1.29, 1.82) is 0 Å². The van der Waals surface area contributed by atoms with Crippen LogP contribution in [0.2, 0.25) is 0 Å². The Morgan fingerprint density at radius 2 is 0.844 bits per heavy atom. The first-order valence-electron chi connectivity index (χ1n) is 22.2. The van der Waals surface area contributed by atoms with Gasteiger partial charge >= 0.3 is 0 Å². The highest BCUT2D eigenvalue weighted by molar-refractivity contribution is 6.44. The van der Waals surface area contributed by atoms with E-state index >= 15 is 0 Å². The largest absolute Gasteiger partial charge is 0.284 e. The van der Waals surface area contributed by atoms with Crippen molar-refractivity contribution in [2.45, 2.75) is 6.42 Å². The number of allylic oxidation sites excluding steroid dienone is 1. The van der Waals surface area contributed by atoms with E-state index in [9.17, 15) is 0 Å². The van der Waals surface area contributed by atoms with Crippen molar-refractivity contribution < 1.29 is 0 Å². The molecule has 0 amide bonds. The van der Waals surface area contributed by atoms with Gasteiger partial charge in [0.25, 0.3) is 0 Å². The molecule has 10 aromatic carbocycles. The van der Waals surface area contributed by atoms with Crippen molar-refractivity contribution in [3.8, 4) is 56.0 Å². The van der Waals surface area contributed by atoms with Crippen molar-refractivity contribution >= 4 is 91.9 Å². The van der Waals surface area contributed by atoms with Crippen LogP contribution < -0.4 is 0 Å². The number of rotatable bonds is 4. The second kappa shape index (κ2) is 12.6. The minimum absolute atomic E-state index is 0.777. The molecule has 0 unspecified atom stereocenters. The quantitative estimate of drug-likeness (QED) is 0.178. The number of fused-ring (bicyclic) bond motifs is 11. The maximum Gasteiger partial charge on any atom is 0.0714 e. The SMILES string of the molecule is C1=CC(c2c3cc4c(cc3c(-c3ccccn3)c3c5cccc6cccc(c23)c65)c2ccc3c5c(ccc4c52)-c2c-3c(-c3ccccn3)c3ccccc3c2-c2ccccn2)=NCC1. The molecule has 0 radical (unpaired) electrons. The normalized spacial score (nSPS) is 13.5. The lowest BCUT2D eigenvalue weighted by Gasteiger charge is -2.19. The minimum atomic E-state index is 0.777. The zero-order chi connectivity index (χ0) is 41.6. The average Bonchev–Trinajstić information content (AvgIpc) is 3.99. The van der Waals surface area contributed by atoms with Gasteiger partial charge in [0.1, 0.15) is 0 Å². The van der Waals surface area contributed by atoms with Crippen LogP contribution in [0.3, 0.4) is 0 Å². The van der Waals surface area contributed by atoms with Crippen LogP contribution in [0.4, 0.5) is 0 Å². The zero-order valence-electron chi connectivity index (χ0n) is 34.5. The maximum absolute atomic E-state index is 5.28. The summed E-state index contributed by atoms with van der Waals surface area (Å²) in [5.41, 5.74) is 13.6. The third-order valence-corrected chi connectivity index (χ3v) is 14.3. The fourth-order valence-electron chi connectivity index (χ4n) is 11.9. The van der Waals surface area contributed by atoms with Gasteiger partial charge in [0.15, 0.2) is 0 Å². The van der Waals surface area contributed by atoms with Crippen LogP contribution in [-0.2, 0) is 0 Å². The number of hydrogen-bond acceptors (Lipinski definition) is 4. The number of aliphatic imine (C=N–C) groups is 1. The lowest BCUT2D eigenvalue weighted by atomic mass is 9.85. The molecule has 0 saturated heterocycles. The van der Waals surface area contributed by atoms with E-state index in [0.29, 0.717) is 0 Å². The second-order valence-corrected chi connectivity index (χ2v) is 17.4. The van der Waals surface area contributed by atoms with Crippen LogP contribution in [0, 0.1) is 0 Å². The molecule has 0 atom stereocenters. The molecule has 4 nitrogen and oxygen atoms in total. The monoisotopic (exact) mass is 810 g/mol. The van der Waals surface area contributed by atoms with Crippen LogP contribution in [0.15, 0.2) is 187 Å². The predicted octanol–water partition coefficient (Wildman–Crippen LogP) is 15.4. The molecule has 0 bridgehead atoms. The Balaban J connectivity index is 1.13. The predicted molar refractivity (Wildman–Crippen MR) is 268 cm³/mol. The minimum Gasteiger partial charge on any atom is -0.284 e. The second-order valence-electron chi connectivity index (χ2n) is 17.4. The molecule has 1 aliphatic carbocycles. The molecule has 4 heterocycles. The lowest BCUT2D eigenvalue weighted by Crippen LogP contribution is -2.05. The summed E-state index contributed by atoms with van der Waals surface area (Å²) in [6, 6.07) is 55.7. The van der Waals surface area contributed by atoms with Crippen LogP contribution in [0.1, 0.15) is 12.0 Å². The summed E-state index contributed by atoms with van der Waals surface area (Å²) in [5, 5.41) is 20.0. The number of dihydropyridines is 1. The fraction of sp³-hybridized carbons (Fsp3) is 0.0333. The molecule has 3 aromatic heterocycles. The molecule has 15 rings (SSSR count). The molecule has 0 saturated carbocycles.